The fourth-order valence-electron chi connectivity index (χ4n) is 7.95. The molecule has 81 heavy (non-hydrogen) atoms. The molecule has 2 aromatic heterocycles. The number of carboxylic acids is 3. The SMILES string of the molecule is CC(=O)O.CSCCC(N)C(=O)NC(CCC(=O)O)C(=O)NC(Cc1cnc[nH]1)C(=O)NC(Cc1ccccc1)C(=O)NC(CCCN=C(N)N)C(=O)NC(Cc1c[nH]c2ccccc12)C(=O)NCC(=O)NC(CCCCN)C(=O)O. The van der Waals surface area contributed by atoms with Crippen LogP contribution in [0, 0.1) is 0 Å². The highest BCUT2D eigenvalue weighted by Crippen LogP contribution is 2.20. The van der Waals surface area contributed by atoms with E-state index in [4.69, 9.17) is 32.8 Å². The number of carbonyl (C=O) groups is 10. The highest BCUT2D eigenvalue weighted by Gasteiger charge is 2.34. The fourth-order valence-corrected chi connectivity index (χ4v) is 8.44. The average Bonchev–Trinajstić information content (AvgIpc) is 4.16. The first kappa shape index (κ1) is 66.7. The van der Waals surface area contributed by atoms with Crippen molar-refractivity contribution in [3.05, 3.63) is 90.1 Å². The predicted molar refractivity (Wildman–Crippen MR) is 301 cm³/mol. The summed E-state index contributed by atoms with van der Waals surface area (Å²) in [7, 11) is 0. The predicted octanol–water partition coefficient (Wildman–Crippen LogP) is -1.75. The van der Waals surface area contributed by atoms with Crippen molar-refractivity contribution in [2.75, 3.05) is 31.6 Å². The standard InChI is InChI=1S/C50H71N15O11S.C2H4O2/c1-77-21-18-33(52)43(69)61-36(16-17-42(67)68)46(72)65-40(24-31-26-55-28-59-31)48(74)63-38(22-29-10-3-2-4-11-29)47(73)62-35(15-9-20-56-50(53)54)45(71)64-39(23-30-25-57-34-13-6-5-12-32(30)34)44(70)58-27-41(66)60-37(49(75)76)14-7-8-19-51;1-2(3)4/h2-6,10-13,25-26,28,33,35-40,57H,7-9,14-24,27,51-52H2,1H3,(H,55,59)(H,58,70)(H,60,66)(H,61,69)(H,62,73)(H,63,74)(H,64,71)(H,65,72)(H,67,68)(H,75,76)(H4,53,54,56);1H3,(H,3,4). The topological polar surface area (TPSA) is 477 Å². The van der Waals surface area contributed by atoms with Gasteiger partial charge in [0.2, 0.25) is 41.4 Å². The van der Waals surface area contributed by atoms with Gasteiger partial charge in [-0.3, -0.25) is 48.1 Å². The number of fused-ring (bicyclic) bond motifs is 1. The molecule has 29 heteroatoms. The molecule has 0 aliphatic heterocycles. The minimum Gasteiger partial charge on any atom is -0.481 e. The van der Waals surface area contributed by atoms with Crippen LogP contribution in [0.4, 0.5) is 0 Å². The normalized spacial score (nSPS) is 13.4. The number of nitrogens with zero attached hydrogens (tertiary/aromatic N) is 2. The van der Waals surface area contributed by atoms with Gasteiger partial charge in [0.15, 0.2) is 5.96 Å². The lowest BCUT2D eigenvalue weighted by atomic mass is 10.0. The number of para-hydroxylation sites is 1. The lowest BCUT2D eigenvalue weighted by Crippen LogP contribution is -2.60. The van der Waals surface area contributed by atoms with Crippen LogP contribution in [0.5, 0.6) is 0 Å². The summed E-state index contributed by atoms with van der Waals surface area (Å²) in [5.41, 5.74) is 25.0. The van der Waals surface area contributed by atoms with Crippen LogP contribution in [0.25, 0.3) is 10.9 Å². The van der Waals surface area contributed by atoms with Crippen LogP contribution in [-0.4, -0.2) is 169 Å². The number of H-pyrrole nitrogens is 2. The van der Waals surface area contributed by atoms with Crippen molar-refractivity contribution in [3.8, 4) is 0 Å². The third kappa shape index (κ3) is 25.4. The molecule has 7 amide bonds. The van der Waals surface area contributed by atoms with Gasteiger partial charge in [-0.15, -0.1) is 0 Å². The molecule has 442 valence electrons. The first-order valence-electron chi connectivity index (χ1n) is 25.9. The van der Waals surface area contributed by atoms with Gasteiger partial charge in [-0.1, -0.05) is 48.5 Å². The number of unbranched alkanes of at least 4 members (excludes halogenated alkanes) is 1. The molecule has 0 aliphatic rings. The molecule has 0 spiro atoms. The highest BCUT2D eigenvalue weighted by atomic mass is 32.2. The third-order valence-corrected chi connectivity index (χ3v) is 12.7. The van der Waals surface area contributed by atoms with Crippen molar-refractivity contribution in [2.45, 2.75) is 120 Å². The highest BCUT2D eigenvalue weighted by molar-refractivity contribution is 7.98. The number of benzene rings is 2. The number of rotatable bonds is 35. The van der Waals surface area contributed by atoms with Crippen LogP contribution in [0.1, 0.15) is 75.1 Å². The zero-order chi connectivity index (χ0) is 59.9. The molecule has 4 aromatic rings. The van der Waals surface area contributed by atoms with E-state index in [1.165, 1.54) is 24.3 Å². The molecule has 4 rings (SSSR count). The number of hydrogen-bond acceptors (Lipinski definition) is 15. The molecule has 0 radical (unpaired) electrons. The summed E-state index contributed by atoms with van der Waals surface area (Å²) in [5.74, 6) is -8.88. The summed E-state index contributed by atoms with van der Waals surface area (Å²) >= 11 is 1.45. The summed E-state index contributed by atoms with van der Waals surface area (Å²) in [5, 5.41) is 45.5. The number of amides is 7. The summed E-state index contributed by atoms with van der Waals surface area (Å²) in [6.45, 7) is 0.794. The number of aromatic nitrogens is 3. The summed E-state index contributed by atoms with van der Waals surface area (Å²) < 4.78 is 0. The van der Waals surface area contributed by atoms with Crippen molar-refractivity contribution in [1.29, 1.82) is 0 Å². The van der Waals surface area contributed by atoms with Gasteiger partial charge in [-0.05, 0) is 80.7 Å². The third-order valence-electron chi connectivity index (χ3n) is 12.1. The van der Waals surface area contributed by atoms with Crippen molar-refractivity contribution >= 4 is 87.9 Å². The Bertz CT molecular complexity index is 2720. The molecule has 0 saturated carbocycles. The number of aliphatic carboxylic acids is 3. The van der Waals surface area contributed by atoms with Gasteiger partial charge in [0.1, 0.15) is 36.3 Å². The smallest absolute Gasteiger partial charge is 0.326 e. The Kier molecular flexibility index (Phi) is 29.5. The average molecular weight is 1150 g/mol. The number of carbonyl (C=O) groups excluding carboxylic acids is 7. The second kappa shape index (κ2) is 35.8. The maximum atomic E-state index is 14.7. The minimum atomic E-state index is -1.46. The van der Waals surface area contributed by atoms with Crippen LogP contribution in [0.3, 0.4) is 0 Å². The number of imidazole rings is 1. The molecular formula is C52H75N15O13S. The number of thioether (sulfide) groups is 1. The number of nitrogens with two attached hydrogens (primary N) is 4. The van der Waals surface area contributed by atoms with E-state index in [9.17, 15) is 53.4 Å². The molecule has 0 bridgehead atoms. The van der Waals surface area contributed by atoms with Gasteiger partial charge in [0.25, 0.3) is 5.97 Å². The Morgan fingerprint density at radius 1 is 0.654 bits per heavy atom. The van der Waals surface area contributed by atoms with E-state index in [-0.39, 0.29) is 63.9 Å². The van der Waals surface area contributed by atoms with Crippen LogP contribution in [0.15, 0.2) is 78.3 Å². The number of aliphatic imine (C=N–C) groups is 1. The second-order valence-corrected chi connectivity index (χ2v) is 19.6. The molecule has 7 unspecified atom stereocenters. The minimum absolute atomic E-state index is 0.0245. The quantitative estimate of drug-likeness (QED) is 0.0138. The molecular weight excluding hydrogens is 1070 g/mol. The first-order valence-corrected chi connectivity index (χ1v) is 27.3. The van der Waals surface area contributed by atoms with Crippen molar-refractivity contribution in [1.82, 2.24) is 52.2 Å². The van der Waals surface area contributed by atoms with E-state index in [0.29, 0.717) is 42.0 Å². The maximum Gasteiger partial charge on any atom is 0.326 e. The van der Waals surface area contributed by atoms with Gasteiger partial charge in [0, 0.05) is 68.1 Å². The lowest BCUT2D eigenvalue weighted by molar-refractivity contribution is -0.142. The van der Waals surface area contributed by atoms with Crippen molar-refractivity contribution in [3.63, 3.8) is 0 Å². The summed E-state index contributed by atoms with van der Waals surface area (Å²) in [6.07, 6.45) is 6.26. The molecule has 2 aromatic carbocycles. The van der Waals surface area contributed by atoms with Gasteiger partial charge in [-0.25, -0.2) is 9.78 Å². The van der Waals surface area contributed by atoms with Crippen LogP contribution in [-0.2, 0) is 67.2 Å². The molecule has 0 saturated heterocycles. The van der Waals surface area contributed by atoms with E-state index >= 15 is 0 Å². The van der Waals surface area contributed by atoms with Crippen LogP contribution in [0.2, 0.25) is 0 Å². The monoisotopic (exact) mass is 1150 g/mol. The van der Waals surface area contributed by atoms with E-state index in [2.05, 4.69) is 57.2 Å². The summed E-state index contributed by atoms with van der Waals surface area (Å²) in [4.78, 5) is 144. The van der Waals surface area contributed by atoms with Gasteiger partial charge in [-0.2, -0.15) is 11.8 Å². The fraction of sp³-hybridized carbons (Fsp3) is 0.462. The largest absolute Gasteiger partial charge is 0.481 e. The Morgan fingerprint density at radius 3 is 1.81 bits per heavy atom. The van der Waals surface area contributed by atoms with Crippen LogP contribution < -0.4 is 60.2 Å². The van der Waals surface area contributed by atoms with Crippen molar-refractivity contribution < 1.29 is 63.3 Å². The first-order chi connectivity index (χ1) is 38.6. The van der Waals surface area contributed by atoms with Gasteiger partial charge < -0.3 is 85.4 Å². The van der Waals surface area contributed by atoms with E-state index in [1.54, 1.807) is 54.7 Å². The Morgan fingerprint density at radius 2 is 1.22 bits per heavy atom. The second-order valence-electron chi connectivity index (χ2n) is 18.6. The summed E-state index contributed by atoms with van der Waals surface area (Å²) in [6, 6.07) is 6.39. The lowest BCUT2D eigenvalue weighted by Gasteiger charge is -2.27. The Balaban J connectivity index is 0.00000416. The number of aromatic amines is 2. The van der Waals surface area contributed by atoms with E-state index in [0.717, 1.165) is 17.8 Å². The van der Waals surface area contributed by atoms with Crippen LogP contribution >= 0.6 is 11.8 Å². The molecule has 0 aliphatic carbocycles. The number of carboxylic acid groups (broad SMARTS) is 3. The molecule has 7 atom stereocenters. The molecule has 20 N–H and O–H groups in total. The van der Waals surface area contributed by atoms with Gasteiger partial charge >= 0.3 is 11.9 Å². The molecule has 2 heterocycles. The number of nitrogens with one attached hydrogen (secondary N) is 9. The Hall–Kier alpha value is -8.57. The number of guanidine groups is 1. The number of hydrogen-bond donors (Lipinski definition) is 16. The molecule has 28 nitrogen and oxygen atoms in total. The van der Waals surface area contributed by atoms with Gasteiger partial charge in [0.05, 0.1) is 18.9 Å². The zero-order valence-electron chi connectivity index (χ0n) is 45.1. The Labute approximate surface area is 471 Å². The maximum absolute atomic E-state index is 14.7. The molecule has 0 fully saturated rings. The van der Waals surface area contributed by atoms with E-state index < -0.39 is 115 Å². The van der Waals surface area contributed by atoms with Crippen molar-refractivity contribution in [2.24, 2.45) is 27.9 Å². The zero-order valence-corrected chi connectivity index (χ0v) is 45.9. The van der Waals surface area contributed by atoms with E-state index in [1.807, 2.05) is 12.3 Å².